The van der Waals surface area contributed by atoms with Gasteiger partial charge in [-0.3, -0.25) is 0 Å². The van der Waals surface area contributed by atoms with Crippen LogP contribution in [0.25, 0.3) is 0 Å². The van der Waals surface area contributed by atoms with E-state index in [9.17, 15) is 17.6 Å². The highest BCUT2D eigenvalue weighted by Crippen LogP contribution is 2.38. The Morgan fingerprint density at radius 3 is 2.19 bits per heavy atom. The molecule has 0 bridgehead atoms. The minimum Gasteiger partial charge on any atom is -0.427 e. The minimum absolute atomic E-state index is 0.189. The predicted molar refractivity (Wildman–Crippen MR) is 47.9 cm³/mol. The number of hydrogen-bond acceptors (Lipinski definition) is 3. The second kappa shape index (κ2) is 4.38. The first kappa shape index (κ1) is 13.5. The number of halogens is 7. The number of nitrogens with zero attached hydrogens (tertiary/aromatic N) is 2. The van der Waals surface area contributed by atoms with Crippen LogP contribution in [0.1, 0.15) is 5.56 Å². The van der Waals surface area contributed by atoms with Crippen LogP contribution in [0.2, 0.25) is 0 Å². The molecule has 0 aliphatic carbocycles. The molecular weight excluding hydrogens is 298 g/mol. The van der Waals surface area contributed by atoms with Crippen molar-refractivity contribution in [3.63, 3.8) is 0 Å². The SMILES string of the molecule is Fc1ncc(C(F)(F)F)c(OC(Cl)(Cl)Cl)n1. The molecule has 0 atom stereocenters. The Morgan fingerprint density at radius 2 is 1.75 bits per heavy atom. The second-order valence-corrected chi connectivity index (χ2v) is 4.58. The third kappa shape index (κ3) is 3.80. The maximum Gasteiger partial charge on any atom is 0.423 e. The number of ether oxygens (including phenoxy) is 1. The molecule has 0 spiro atoms. The van der Waals surface area contributed by atoms with Crippen molar-refractivity contribution in [2.24, 2.45) is 0 Å². The van der Waals surface area contributed by atoms with E-state index in [4.69, 9.17) is 34.8 Å². The lowest BCUT2D eigenvalue weighted by atomic mass is 10.3. The van der Waals surface area contributed by atoms with Crippen LogP contribution in [-0.4, -0.2) is 13.9 Å². The molecule has 1 aromatic heterocycles. The van der Waals surface area contributed by atoms with Crippen molar-refractivity contribution in [3.05, 3.63) is 17.8 Å². The summed E-state index contributed by atoms with van der Waals surface area (Å²) in [6.07, 6.45) is -6.09. The topological polar surface area (TPSA) is 35.0 Å². The zero-order chi connectivity index (χ0) is 12.6. The van der Waals surface area contributed by atoms with Gasteiger partial charge in [0.2, 0.25) is 5.88 Å². The first-order chi connectivity index (χ1) is 7.09. The summed E-state index contributed by atoms with van der Waals surface area (Å²) in [4.78, 5) is 5.48. The minimum atomic E-state index is -4.85. The van der Waals surface area contributed by atoms with Gasteiger partial charge in [-0.25, -0.2) is 4.98 Å². The molecule has 3 nitrogen and oxygen atoms in total. The molecule has 0 aliphatic heterocycles. The van der Waals surface area contributed by atoms with Gasteiger partial charge in [0.25, 0.3) is 0 Å². The largest absolute Gasteiger partial charge is 0.427 e. The van der Waals surface area contributed by atoms with Crippen molar-refractivity contribution in [3.8, 4) is 5.88 Å². The molecule has 0 saturated heterocycles. The molecule has 0 N–H and O–H groups in total. The average Bonchev–Trinajstić information content (AvgIpc) is 1.97. The Kier molecular flexibility index (Phi) is 3.71. The molecule has 1 aromatic rings. The van der Waals surface area contributed by atoms with E-state index in [1.54, 1.807) is 0 Å². The van der Waals surface area contributed by atoms with Crippen molar-refractivity contribution in [1.82, 2.24) is 9.97 Å². The summed E-state index contributed by atoms with van der Waals surface area (Å²) in [7, 11) is 0. The zero-order valence-electron chi connectivity index (χ0n) is 7.03. The van der Waals surface area contributed by atoms with Gasteiger partial charge >= 0.3 is 16.2 Å². The van der Waals surface area contributed by atoms with Gasteiger partial charge in [-0.15, -0.1) is 0 Å². The van der Waals surface area contributed by atoms with E-state index in [2.05, 4.69) is 14.7 Å². The van der Waals surface area contributed by atoms with Crippen LogP contribution in [0.3, 0.4) is 0 Å². The van der Waals surface area contributed by atoms with Gasteiger partial charge in [0, 0.05) is 6.20 Å². The molecule has 0 radical (unpaired) electrons. The molecule has 0 amide bonds. The molecule has 1 heterocycles. The van der Waals surface area contributed by atoms with E-state index in [1.165, 1.54) is 0 Å². The van der Waals surface area contributed by atoms with Gasteiger partial charge < -0.3 is 4.74 Å². The van der Waals surface area contributed by atoms with E-state index >= 15 is 0 Å². The third-order valence-corrected chi connectivity index (χ3v) is 1.47. The second-order valence-electron chi connectivity index (χ2n) is 2.40. The summed E-state index contributed by atoms with van der Waals surface area (Å²) in [6.45, 7) is 0. The van der Waals surface area contributed by atoms with Crippen LogP contribution in [0.15, 0.2) is 6.20 Å². The van der Waals surface area contributed by atoms with E-state index < -0.39 is 27.7 Å². The van der Waals surface area contributed by atoms with E-state index in [0.29, 0.717) is 0 Å². The van der Waals surface area contributed by atoms with Crippen molar-refractivity contribution in [1.29, 1.82) is 0 Å². The number of hydrogen-bond donors (Lipinski definition) is 0. The molecule has 0 saturated carbocycles. The van der Waals surface area contributed by atoms with E-state index in [0.717, 1.165) is 0 Å². The van der Waals surface area contributed by atoms with E-state index in [-0.39, 0.29) is 6.20 Å². The summed E-state index contributed by atoms with van der Waals surface area (Å²) in [6, 6.07) is 0. The smallest absolute Gasteiger partial charge is 0.423 e. The normalized spacial score (nSPS) is 12.7. The lowest BCUT2D eigenvalue weighted by Crippen LogP contribution is -2.19. The molecule has 90 valence electrons. The zero-order valence-corrected chi connectivity index (χ0v) is 9.29. The van der Waals surface area contributed by atoms with Gasteiger partial charge in [-0.1, -0.05) is 0 Å². The highest BCUT2D eigenvalue weighted by molar-refractivity contribution is 6.66. The van der Waals surface area contributed by atoms with Crippen LogP contribution in [0, 0.1) is 6.08 Å². The van der Waals surface area contributed by atoms with Gasteiger partial charge in [0.15, 0.2) is 0 Å². The first-order valence-electron chi connectivity index (χ1n) is 3.45. The van der Waals surface area contributed by atoms with Crippen molar-refractivity contribution in [2.45, 2.75) is 10.2 Å². The summed E-state index contributed by atoms with van der Waals surface area (Å²) in [5, 5.41) is 0. The van der Waals surface area contributed by atoms with Crippen LogP contribution < -0.4 is 4.74 Å². The Morgan fingerprint density at radius 1 is 1.19 bits per heavy atom. The molecule has 0 fully saturated rings. The maximum absolute atomic E-state index is 12.5. The molecule has 1 rings (SSSR count). The van der Waals surface area contributed by atoms with Crippen LogP contribution in [0.4, 0.5) is 17.6 Å². The lowest BCUT2D eigenvalue weighted by molar-refractivity contribution is -0.139. The molecule has 16 heavy (non-hydrogen) atoms. The van der Waals surface area contributed by atoms with Gasteiger partial charge in [0.05, 0.1) is 0 Å². The van der Waals surface area contributed by atoms with Crippen LogP contribution >= 0.6 is 34.8 Å². The summed E-state index contributed by atoms with van der Waals surface area (Å²) in [5.74, 6) is -1.19. The summed E-state index contributed by atoms with van der Waals surface area (Å²) >= 11 is 15.3. The third-order valence-electron chi connectivity index (χ3n) is 1.24. The van der Waals surface area contributed by atoms with E-state index in [1.807, 2.05) is 0 Å². The number of rotatable bonds is 1. The fourth-order valence-corrected chi connectivity index (χ4v) is 0.947. The van der Waals surface area contributed by atoms with Crippen LogP contribution in [-0.2, 0) is 6.18 Å². The predicted octanol–water partition coefficient (Wildman–Crippen LogP) is 3.34. The van der Waals surface area contributed by atoms with Crippen molar-refractivity contribution < 1.29 is 22.3 Å². The highest BCUT2D eigenvalue weighted by Gasteiger charge is 2.38. The summed E-state index contributed by atoms with van der Waals surface area (Å²) < 4.78 is 51.3. The standard InChI is InChI=1S/C6HCl3F4N2O/c7-6(8,9)16-3-2(5(11,12)13)1-14-4(10)15-3/h1H. The molecule has 10 heteroatoms. The Labute approximate surface area is 101 Å². The van der Waals surface area contributed by atoms with Gasteiger partial charge in [-0.2, -0.15) is 22.5 Å². The first-order valence-corrected chi connectivity index (χ1v) is 4.58. The lowest BCUT2D eigenvalue weighted by Gasteiger charge is -2.16. The number of alkyl halides is 6. The summed E-state index contributed by atoms with van der Waals surface area (Å²) in [5.41, 5.74) is -1.44. The molecule has 0 aliphatic rings. The molecular formula is C6HCl3F4N2O. The fraction of sp³-hybridized carbons (Fsp3) is 0.333. The highest BCUT2D eigenvalue weighted by atomic mass is 35.6. The van der Waals surface area contributed by atoms with Crippen molar-refractivity contribution >= 4 is 34.8 Å². The maximum atomic E-state index is 12.5. The quantitative estimate of drug-likeness (QED) is 0.453. The van der Waals surface area contributed by atoms with Gasteiger partial charge in [-0.05, 0) is 34.8 Å². The fourth-order valence-electron chi connectivity index (χ4n) is 0.728. The van der Waals surface area contributed by atoms with Crippen LogP contribution in [0.5, 0.6) is 5.88 Å². The molecule has 0 unspecified atom stereocenters. The van der Waals surface area contributed by atoms with Crippen molar-refractivity contribution in [2.75, 3.05) is 0 Å². The average molecular weight is 299 g/mol. The Bertz CT molecular complexity index is 392. The molecule has 0 aromatic carbocycles. The van der Waals surface area contributed by atoms with Gasteiger partial charge in [0.1, 0.15) is 5.56 Å². The monoisotopic (exact) mass is 298 g/mol. The Hall–Kier alpha value is -0.530. The Balaban J connectivity index is 3.19. The number of aromatic nitrogens is 2.